The molecule has 0 bridgehead atoms. The molecule has 0 aromatic heterocycles. The highest BCUT2D eigenvalue weighted by Crippen LogP contribution is 2.29. The van der Waals surface area contributed by atoms with Crippen LogP contribution in [0.4, 0.5) is 0 Å². The van der Waals surface area contributed by atoms with Gasteiger partial charge >= 0.3 is 5.97 Å². The monoisotopic (exact) mass is 431 g/mol. The Labute approximate surface area is 167 Å². The number of aliphatic carboxylic acids is 1. The van der Waals surface area contributed by atoms with Crippen LogP contribution in [0.25, 0.3) is 6.08 Å². The molecule has 1 unspecified atom stereocenters. The summed E-state index contributed by atoms with van der Waals surface area (Å²) in [6, 6.07) is 14.4. The maximum absolute atomic E-state index is 12.0. The topological polar surface area (TPSA) is 75.6 Å². The number of benzene rings is 2. The smallest absolute Gasteiger partial charge is 0.352 e. The first kappa shape index (κ1) is 20.7. The molecule has 27 heavy (non-hydrogen) atoms. The molecule has 0 saturated heterocycles. The third kappa shape index (κ3) is 6.57. The zero-order valence-corrected chi connectivity index (χ0v) is 16.8. The number of hydrogen-bond donors (Lipinski definition) is 2. The van der Waals surface area contributed by atoms with E-state index in [2.05, 4.69) is 21.2 Å². The fourth-order valence-electron chi connectivity index (χ4n) is 2.27. The normalized spacial score (nSPS) is 12.3. The van der Waals surface area contributed by atoms with E-state index in [1.165, 1.54) is 6.08 Å². The molecule has 2 rings (SSSR count). The third-order valence-corrected chi connectivity index (χ3v) is 4.65. The second-order valence-corrected chi connectivity index (χ2v) is 7.08. The lowest BCUT2D eigenvalue weighted by Crippen LogP contribution is -2.28. The maximum atomic E-state index is 12.0. The van der Waals surface area contributed by atoms with Gasteiger partial charge in [-0.2, -0.15) is 0 Å². The van der Waals surface area contributed by atoms with Crippen molar-refractivity contribution in [2.45, 2.75) is 26.7 Å². The van der Waals surface area contributed by atoms with Crippen molar-refractivity contribution in [1.29, 1.82) is 0 Å². The van der Waals surface area contributed by atoms with E-state index in [-0.39, 0.29) is 17.5 Å². The van der Waals surface area contributed by atoms with Crippen LogP contribution in [0.2, 0.25) is 0 Å². The lowest BCUT2D eigenvalue weighted by atomic mass is 10.0. The number of rotatable bonds is 8. The summed E-state index contributed by atoms with van der Waals surface area (Å²) in [7, 11) is 0. The molecule has 1 atom stereocenters. The number of hydrogen-bond acceptors (Lipinski definition) is 3. The van der Waals surface area contributed by atoms with Crippen LogP contribution in [0, 0.1) is 5.92 Å². The third-order valence-electron chi connectivity index (χ3n) is 3.99. The predicted molar refractivity (Wildman–Crippen MR) is 108 cm³/mol. The van der Waals surface area contributed by atoms with Crippen molar-refractivity contribution in [3.63, 3.8) is 0 Å². The first-order valence-electron chi connectivity index (χ1n) is 8.66. The lowest BCUT2D eigenvalue weighted by Gasteiger charge is -2.10. The Balaban J connectivity index is 2.10. The van der Waals surface area contributed by atoms with Crippen molar-refractivity contribution in [3.05, 3.63) is 64.3 Å². The summed E-state index contributed by atoms with van der Waals surface area (Å²) in [5, 5.41) is 11.8. The molecule has 0 fully saturated rings. The van der Waals surface area contributed by atoms with Crippen molar-refractivity contribution in [2.75, 3.05) is 0 Å². The molecule has 2 aromatic rings. The molecule has 6 heteroatoms. The van der Waals surface area contributed by atoms with Gasteiger partial charge in [0.15, 0.2) is 0 Å². The van der Waals surface area contributed by atoms with Gasteiger partial charge in [-0.25, -0.2) is 4.79 Å². The van der Waals surface area contributed by atoms with Crippen molar-refractivity contribution in [1.82, 2.24) is 5.32 Å². The summed E-state index contributed by atoms with van der Waals surface area (Å²) in [4.78, 5) is 23.4. The Bertz CT molecular complexity index is 830. The van der Waals surface area contributed by atoms with Gasteiger partial charge < -0.3 is 15.2 Å². The second kappa shape index (κ2) is 9.92. The van der Waals surface area contributed by atoms with Gasteiger partial charge in [0.2, 0.25) is 5.91 Å². The van der Waals surface area contributed by atoms with Crippen LogP contribution in [0.15, 0.2) is 58.7 Å². The van der Waals surface area contributed by atoms with Crippen LogP contribution in [-0.2, 0) is 9.59 Å². The number of carboxylic acids is 1. The Kier molecular flexibility index (Phi) is 7.61. The van der Waals surface area contributed by atoms with Crippen molar-refractivity contribution >= 4 is 33.9 Å². The Hall–Kier alpha value is -2.60. The number of nitrogens with one attached hydrogen (secondary N) is 1. The van der Waals surface area contributed by atoms with E-state index in [1.807, 2.05) is 38.1 Å². The van der Waals surface area contributed by atoms with Crippen LogP contribution in [0.1, 0.15) is 32.3 Å². The maximum Gasteiger partial charge on any atom is 0.352 e. The minimum Gasteiger partial charge on any atom is -0.477 e. The molecule has 0 aliphatic heterocycles. The van der Waals surface area contributed by atoms with Crippen LogP contribution in [0.3, 0.4) is 0 Å². The lowest BCUT2D eigenvalue weighted by molar-refractivity contribution is -0.134. The minimum absolute atomic E-state index is 0.150. The van der Waals surface area contributed by atoms with Gasteiger partial charge in [0, 0.05) is 6.42 Å². The molecule has 5 nitrogen and oxygen atoms in total. The SMILES string of the molecule is CCC(C)CC(=O)N/C(=C/c1ccc(Oc2ccccc2Br)cc1)C(=O)O. The van der Waals surface area contributed by atoms with Gasteiger partial charge in [0.25, 0.3) is 0 Å². The molecule has 2 aromatic carbocycles. The summed E-state index contributed by atoms with van der Waals surface area (Å²) in [6.45, 7) is 3.94. The van der Waals surface area contributed by atoms with E-state index in [4.69, 9.17) is 4.74 Å². The largest absolute Gasteiger partial charge is 0.477 e. The Morgan fingerprint density at radius 3 is 2.44 bits per heavy atom. The van der Waals surface area contributed by atoms with Gasteiger partial charge in [-0.05, 0) is 57.8 Å². The average Bonchev–Trinajstić information content (AvgIpc) is 2.64. The zero-order valence-electron chi connectivity index (χ0n) is 15.2. The summed E-state index contributed by atoms with van der Waals surface area (Å²) in [5.74, 6) is 0.0303. The first-order chi connectivity index (χ1) is 12.9. The molecule has 0 aliphatic carbocycles. The number of carbonyl (C=O) groups is 2. The quantitative estimate of drug-likeness (QED) is 0.561. The fourth-order valence-corrected chi connectivity index (χ4v) is 2.63. The van der Waals surface area contributed by atoms with E-state index in [0.29, 0.717) is 23.5 Å². The van der Waals surface area contributed by atoms with Crippen LogP contribution in [0.5, 0.6) is 11.5 Å². The molecule has 0 aliphatic rings. The number of amides is 1. The molecule has 0 heterocycles. The molecule has 1 amide bonds. The van der Waals surface area contributed by atoms with Crippen molar-refractivity contribution < 1.29 is 19.4 Å². The zero-order chi connectivity index (χ0) is 19.8. The van der Waals surface area contributed by atoms with E-state index in [9.17, 15) is 14.7 Å². The van der Waals surface area contributed by atoms with Crippen molar-refractivity contribution in [2.24, 2.45) is 5.92 Å². The van der Waals surface area contributed by atoms with Crippen LogP contribution in [-0.4, -0.2) is 17.0 Å². The number of para-hydroxylation sites is 1. The molecule has 2 N–H and O–H groups in total. The van der Waals surface area contributed by atoms with Gasteiger partial charge in [-0.3, -0.25) is 4.79 Å². The van der Waals surface area contributed by atoms with E-state index >= 15 is 0 Å². The summed E-state index contributed by atoms with van der Waals surface area (Å²) < 4.78 is 6.62. The van der Waals surface area contributed by atoms with Crippen LogP contribution < -0.4 is 10.1 Å². The highest BCUT2D eigenvalue weighted by atomic mass is 79.9. The highest BCUT2D eigenvalue weighted by Gasteiger charge is 2.14. The first-order valence-corrected chi connectivity index (χ1v) is 9.45. The molecule has 0 saturated carbocycles. The van der Waals surface area contributed by atoms with Gasteiger partial charge in [0.05, 0.1) is 4.47 Å². The Morgan fingerprint density at radius 1 is 1.19 bits per heavy atom. The molecule has 0 radical (unpaired) electrons. The predicted octanol–water partition coefficient (Wildman–Crippen LogP) is 5.22. The van der Waals surface area contributed by atoms with E-state index in [0.717, 1.165) is 10.9 Å². The standard InChI is InChI=1S/C21H22BrNO4/c1-3-14(2)12-20(24)23-18(21(25)26)13-15-8-10-16(11-9-15)27-19-7-5-4-6-17(19)22/h4-11,13-14H,3,12H2,1-2H3,(H,23,24)(H,25,26)/b18-13+. The fraction of sp³-hybridized carbons (Fsp3) is 0.238. The summed E-state index contributed by atoms with van der Waals surface area (Å²) in [5.41, 5.74) is 0.499. The average molecular weight is 432 g/mol. The minimum atomic E-state index is -1.18. The summed E-state index contributed by atoms with van der Waals surface area (Å²) >= 11 is 3.42. The second-order valence-electron chi connectivity index (χ2n) is 6.23. The van der Waals surface area contributed by atoms with E-state index < -0.39 is 5.97 Å². The van der Waals surface area contributed by atoms with Crippen molar-refractivity contribution in [3.8, 4) is 11.5 Å². The van der Waals surface area contributed by atoms with Crippen LogP contribution >= 0.6 is 15.9 Å². The highest BCUT2D eigenvalue weighted by molar-refractivity contribution is 9.10. The number of carboxylic acid groups (broad SMARTS) is 1. The van der Waals surface area contributed by atoms with E-state index in [1.54, 1.807) is 24.3 Å². The molecular formula is C21H22BrNO4. The molecular weight excluding hydrogens is 410 g/mol. The molecule has 142 valence electrons. The molecule has 0 spiro atoms. The number of halogens is 1. The number of ether oxygens (including phenoxy) is 1. The number of carbonyl (C=O) groups excluding carboxylic acids is 1. The van der Waals surface area contributed by atoms with Gasteiger partial charge in [-0.15, -0.1) is 0 Å². The van der Waals surface area contributed by atoms with Gasteiger partial charge in [0.1, 0.15) is 17.2 Å². The summed E-state index contributed by atoms with van der Waals surface area (Å²) in [6.07, 6.45) is 2.58. The Morgan fingerprint density at radius 2 is 1.85 bits per heavy atom. The van der Waals surface area contributed by atoms with Gasteiger partial charge in [-0.1, -0.05) is 44.5 Å².